The van der Waals surface area contributed by atoms with Crippen LogP contribution in [0, 0.1) is 11.6 Å². The minimum Gasteiger partial charge on any atom is -0.486 e. The molecule has 0 radical (unpaired) electrons. The molecule has 10 heteroatoms. The van der Waals surface area contributed by atoms with Crippen molar-refractivity contribution in [3.8, 4) is 11.5 Å². The van der Waals surface area contributed by atoms with Gasteiger partial charge in [-0.25, -0.2) is 17.2 Å². The van der Waals surface area contributed by atoms with Gasteiger partial charge < -0.3 is 14.8 Å². The van der Waals surface area contributed by atoms with Crippen molar-refractivity contribution in [1.82, 2.24) is 0 Å². The van der Waals surface area contributed by atoms with Crippen LogP contribution in [0.1, 0.15) is 0 Å². The molecular weight excluding hydrogens is 442 g/mol. The number of carbonyl (C=O) groups excluding carboxylic acids is 1. The Morgan fingerprint density at radius 1 is 0.875 bits per heavy atom. The number of fused-ring (bicyclic) bond motifs is 1. The molecule has 1 heterocycles. The third-order valence-corrected chi connectivity index (χ3v) is 6.40. The van der Waals surface area contributed by atoms with Crippen molar-refractivity contribution in [1.29, 1.82) is 0 Å². The van der Waals surface area contributed by atoms with Gasteiger partial charge in [-0.05, 0) is 60.7 Å². The van der Waals surface area contributed by atoms with Gasteiger partial charge in [0.05, 0.1) is 10.6 Å². The van der Waals surface area contributed by atoms with Gasteiger partial charge >= 0.3 is 0 Å². The predicted octanol–water partition coefficient (Wildman–Crippen LogP) is 3.57. The second kappa shape index (κ2) is 8.83. The number of hydrogen-bond donors (Lipinski definition) is 1. The van der Waals surface area contributed by atoms with Crippen molar-refractivity contribution in [2.75, 3.05) is 29.4 Å². The number of rotatable bonds is 6. The molecule has 1 aliphatic rings. The van der Waals surface area contributed by atoms with Crippen LogP contribution in [-0.4, -0.2) is 34.1 Å². The van der Waals surface area contributed by atoms with Gasteiger partial charge in [0, 0.05) is 11.8 Å². The number of hydrogen-bond acceptors (Lipinski definition) is 5. The Hall–Kier alpha value is -3.66. The van der Waals surface area contributed by atoms with Crippen LogP contribution in [0.3, 0.4) is 0 Å². The summed E-state index contributed by atoms with van der Waals surface area (Å²) in [5.74, 6) is -1.01. The minimum absolute atomic E-state index is 0.0931. The van der Waals surface area contributed by atoms with Crippen LogP contribution in [0.15, 0.2) is 71.6 Å². The van der Waals surface area contributed by atoms with E-state index in [1.807, 2.05) is 0 Å². The summed E-state index contributed by atoms with van der Waals surface area (Å²) in [6.45, 7) is 0.0302. The zero-order valence-electron chi connectivity index (χ0n) is 16.6. The molecule has 166 valence electrons. The van der Waals surface area contributed by atoms with Crippen molar-refractivity contribution < 1.29 is 31.5 Å². The van der Waals surface area contributed by atoms with Gasteiger partial charge in [0.25, 0.3) is 10.0 Å². The number of nitrogens with zero attached hydrogens (tertiary/aromatic N) is 1. The van der Waals surface area contributed by atoms with E-state index < -0.39 is 34.1 Å². The Labute approximate surface area is 183 Å². The van der Waals surface area contributed by atoms with E-state index >= 15 is 0 Å². The van der Waals surface area contributed by atoms with Gasteiger partial charge in [-0.3, -0.25) is 9.10 Å². The third kappa shape index (κ3) is 4.65. The van der Waals surface area contributed by atoms with Crippen molar-refractivity contribution in [2.45, 2.75) is 4.90 Å². The highest BCUT2D eigenvalue weighted by Crippen LogP contribution is 2.34. The maximum absolute atomic E-state index is 13.4. The van der Waals surface area contributed by atoms with E-state index in [0.717, 1.165) is 16.4 Å². The number of ether oxygens (including phenoxy) is 2. The molecule has 3 aromatic carbocycles. The van der Waals surface area contributed by atoms with Crippen LogP contribution >= 0.6 is 0 Å². The Balaban J connectivity index is 1.66. The maximum atomic E-state index is 13.4. The average molecular weight is 460 g/mol. The predicted molar refractivity (Wildman–Crippen MR) is 113 cm³/mol. The summed E-state index contributed by atoms with van der Waals surface area (Å²) in [4.78, 5) is 12.5. The highest BCUT2D eigenvalue weighted by Gasteiger charge is 2.29. The molecule has 0 saturated carbocycles. The molecule has 1 aliphatic heterocycles. The molecule has 0 unspecified atom stereocenters. The normalized spacial score (nSPS) is 12.8. The number of carbonyl (C=O) groups is 1. The van der Waals surface area contributed by atoms with Crippen molar-refractivity contribution in [2.24, 2.45) is 0 Å². The standard InChI is InChI=1S/C22H18F2N2O5S/c23-15-1-5-17(6-2-15)25-22(27)14-26(18-7-3-16(24)4-8-18)32(28,29)19-9-10-20-21(13-19)31-12-11-30-20/h1-10,13H,11-12,14H2,(H,25,27). The van der Waals surface area contributed by atoms with Gasteiger partial charge in [-0.1, -0.05) is 0 Å². The van der Waals surface area contributed by atoms with Crippen LogP contribution in [0.4, 0.5) is 20.2 Å². The number of anilines is 2. The molecule has 0 atom stereocenters. The lowest BCUT2D eigenvalue weighted by Crippen LogP contribution is -2.38. The molecule has 0 aliphatic carbocycles. The lowest BCUT2D eigenvalue weighted by molar-refractivity contribution is -0.114. The van der Waals surface area contributed by atoms with Crippen LogP contribution in [0.2, 0.25) is 0 Å². The van der Waals surface area contributed by atoms with E-state index in [4.69, 9.17) is 9.47 Å². The van der Waals surface area contributed by atoms with Crippen molar-refractivity contribution in [3.63, 3.8) is 0 Å². The molecule has 4 rings (SSSR count). The maximum Gasteiger partial charge on any atom is 0.264 e. The van der Waals surface area contributed by atoms with E-state index in [2.05, 4.69) is 5.32 Å². The number of sulfonamides is 1. The summed E-state index contributed by atoms with van der Waals surface area (Å²) in [6, 6.07) is 13.9. The Morgan fingerprint density at radius 2 is 1.47 bits per heavy atom. The lowest BCUT2D eigenvalue weighted by atomic mass is 10.3. The van der Waals surface area contributed by atoms with Crippen LogP contribution in [-0.2, 0) is 14.8 Å². The van der Waals surface area contributed by atoms with Crippen molar-refractivity contribution >= 4 is 27.3 Å². The minimum atomic E-state index is -4.24. The molecule has 1 amide bonds. The van der Waals surface area contributed by atoms with E-state index in [1.165, 1.54) is 54.6 Å². The van der Waals surface area contributed by atoms with E-state index in [1.54, 1.807) is 0 Å². The average Bonchev–Trinajstić information content (AvgIpc) is 2.79. The summed E-state index contributed by atoms with van der Waals surface area (Å²) >= 11 is 0. The van der Waals surface area contributed by atoms with Gasteiger partial charge in [0.2, 0.25) is 5.91 Å². The number of nitrogens with one attached hydrogen (secondary N) is 1. The number of benzene rings is 3. The van der Waals surface area contributed by atoms with Gasteiger partial charge in [0.1, 0.15) is 31.4 Å². The van der Waals surface area contributed by atoms with Crippen LogP contribution in [0.25, 0.3) is 0 Å². The molecule has 3 aromatic rings. The first-order valence-electron chi connectivity index (χ1n) is 9.56. The van der Waals surface area contributed by atoms with E-state index in [9.17, 15) is 22.0 Å². The molecule has 0 saturated heterocycles. The van der Waals surface area contributed by atoms with Gasteiger partial charge in [-0.15, -0.1) is 0 Å². The monoisotopic (exact) mass is 460 g/mol. The largest absolute Gasteiger partial charge is 0.486 e. The van der Waals surface area contributed by atoms with Crippen LogP contribution < -0.4 is 19.1 Å². The summed E-state index contributed by atoms with van der Waals surface area (Å²) in [6.07, 6.45) is 0. The molecule has 0 bridgehead atoms. The van der Waals surface area contributed by atoms with E-state index in [-0.39, 0.29) is 22.9 Å². The van der Waals surface area contributed by atoms with Gasteiger partial charge in [-0.2, -0.15) is 0 Å². The fraction of sp³-hybridized carbons (Fsp3) is 0.136. The smallest absolute Gasteiger partial charge is 0.264 e. The molecule has 7 nitrogen and oxygen atoms in total. The molecule has 0 aromatic heterocycles. The zero-order chi connectivity index (χ0) is 22.7. The lowest BCUT2D eigenvalue weighted by Gasteiger charge is -2.25. The third-order valence-electron chi connectivity index (χ3n) is 4.63. The topological polar surface area (TPSA) is 84.9 Å². The molecule has 0 fully saturated rings. The number of amides is 1. The summed E-state index contributed by atoms with van der Waals surface area (Å²) in [5.41, 5.74) is 0.391. The summed E-state index contributed by atoms with van der Waals surface area (Å²) in [5, 5.41) is 2.52. The fourth-order valence-corrected chi connectivity index (χ4v) is 4.53. The van der Waals surface area contributed by atoms with Crippen molar-refractivity contribution in [3.05, 3.63) is 78.4 Å². The van der Waals surface area contributed by atoms with Crippen LogP contribution in [0.5, 0.6) is 11.5 Å². The summed E-state index contributed by atoms with van der Waals surface area (Å²) in [7, 11) is -4.24. The zero-order valence-corrected chi connectivity index (χ0v) is 17.4. The SMILES string of the molecule is O=C(CN(c1ccc(F)cc1)S(=O)(=O)c1ccc2c(c1)OCCO2)Nc1ccc(F)cc1. The summed E-state index contributed by atoms with van der Waals surface area (Å²) < 4.78 is 65.2. The fourth-order valence-electron chi connectivity index (χ4n) is 3.10. The Bertz CT molecular complexity index is 1230. The highest BCUT2D eigenvalue weighted by molar-refractivity contribution is 7.92. The highest BCUT2D eigenvalue weighted by atomic mass is 32.2. The first kappa shape index (κ1) is 21.6. The Morgan fingerprint density at radius 3 is 2.12 bits per heavy atom. The molecule has 0 spiro atoms. The second-order valence-corrected chi connectivity index (χ2v) is 8.71. The first-order valence-corrected chi connectivity index (χ1v) is 11.0. The molecular formula is C22H18F2N2O5S. The Kier molecular flexibility index (Phi) is 5.95. The second-order valence-electron chi connectivity index (χ2n) is 6.85. The van der Waals surface area contributed by atoms with Gasteiger partial charge in [0.15, 0.2) is 11.5 Å². The quantitative estimate of drug-likeness (QED) is 0.608. The molecule has 32 heavy (non-hydrogen) atoms. The van der Waals surface area contributed by atoms with E-state index in [0.29, 0.717) is 18.0 Å². The molecule has 1 N–H and O–H groups in total. The first-order chi connectivity index (χ1) is 15.3. The number of halogens is 2.